The molecular weight excluding hydrogens is 594 g/mol. The van der Waals surface area contributed by atoms with Crippen LogP contribution in [0.4, 0.5) is 11.4 Å². The van der Waals surface area contributed by atoms with Crippen LogP contribution in [0.15, 0.2) is 79.9 Å². The topological polar surface area (TPSA) is 99.6 Å². The predicted molar refractivity (Wildman–Crippen MR) is 183 cm³/mol. The highest BCUT2D eigenvalue weighted by molar-refractivity contribution is 6.05. The molecule has 3 aliphatic rings. The van der Waals surface area contributed by atoms with Crippen molar-refractivity contribution in [3.8, 4) is 0 Å². The van der Waals surface area contributed by atoms with Crippen LogP contribution in [0.3, 0.4) is 0 Å². The fourth-order valence-electron chi connectivity index (χ4n) is 7.86. The van der Waals surface area contributed by atoms with Gasteiger partial charge in [0.1, 0.15) is 11.6 Å². The summed E-state index contributed by atoms with van der Waals surface area (Å²) >= 11 is 0. The number of anilines is 2. The van der Waals surface area contributed by atoms with E-state index in [-0.39, 0.29) is 31.6 Å². The summed E-state index contributed by atoms with van der Waals surface area (Å²) in [5, 5.41) is 10.8. The van der Waals surface area contributed by atoms with Crippen LogP contribution in [0, 0.1) is 11.8 Å². The molecule has 2 aromatic rings. The maximum Gasteiger partial charge on any atom is 0.312 e. The van der Waals surface area contributed by atoms with E-state index in [9.17, 15) is 19.5 Å². The Morgan fingerprint density at radius 1 is 1.06 bits per heavy atom. The Kier molecular flexibility index (Phi) is 11.2. The molecular formula is C38H49N3O6. The Bertz CT molecular complexity index is 1410. The third-order valence-electron chi connectivity index (χ3n) is 10.1. The summed E-state index contributed by atoms with van der Waals surface area (Å²) in [6.45, 7) is 13.7. The molecule has 2 aromatic carbocycles. The number of carbonyl (C=O) groups excluding carboxylic acids is 3. The highest BCUT2D eigenvalue weighted by Gasteiger charge is 2.75. The van der Waals surface area contributed by atoms with Gasteiger partial charge in [-0.1, -0.05) is 42.5 Å². The number of hydrogen-bond donors (Lipinski definition) is 1. The van der Waals surface area contributed by atoms with E-state index < -0.39 is 41.6 Å². The number of unbranched alkanes of at least 4 members (excludes halogenated alkanes) is 2. The van der Waals surface area contributed by atoms with Crippen molar-refractivity contribution in [2.24, 2.45) is 11.8 Å². The van der Waals surface area contributed by atoms with E-state index in [4.69, 9.17) is 9.47 Å². The molecule has 6 atom stereocenters. The third-order valence-corrected chi connectivity index (χ3v) is 10.1. The summed E-state index contributed by atoms with van der Waals surface area (Å²) in [5.74, 6) is -2.81. The van der Waals surface area contributed by atoms with Gasteiger partial charge >= 0.3 is 5.97 Å². The molecule has 0 aliphatic carbocycles. The number of hydrogen-bond acceptors (Lipinski definition) is 7. The number of aliphatic hydroxyl groups excluding tert-OH is 1. The zero-order valence-corrected chi connectivity index (χ0v) is 27.8. The quantitative estimate of drug-likeness (QED) is 0.148. The number of allylic oxidation sites excluding steroid dienone is 1. The second-order valence-corrected chi connectivity index (χ2v) is 12.7. The number of nitrogens with zero attached hydrogens (tertiary/aromatic N) is 3. The second-order valence-electron chi connectivity index (χ2n) is 12.7. The van der Waals surface area contributed by atoms with Crippen LogP contribution >= 0.6 is 0 Å². The molecule has 47 heavy (non-hydrogen) atoms. The minimum absolute atomic E-state index is 0.213. The lowest BCUT2D eigenvalue weighted by molar-refractivity contribution is -0.156. The highest BCUT2D eigenvalue weighted by Crippen LogP contribution is 2.59. The molecule has 3 aliphatic heterocycles. The first-order valence-corrected chi connectivity index (χ1v) is 17.0. The molecule has 2 amide bonds. The molecule has 1 N–H and O–H groups in total. The van der Waals surface area contributed by atoms with E-state index in [2.05, 4.69) is 31.9 Å². The van der Waals surface area contributed by atoms with Crippen LogP contribution in [-0.2, 0) is 30.3 Å². The zero-order valence-electron chi connectivity index (χ0n) is 27.8. The molecule has 9 nitrogen and oxygen atoms in total. The van der Waals surface area contributed by atoms with Crippen LogP contribution in [-0.4, -0.2) is 84.4 Å². The first-order valence-electron chi connectivity index (χ1n) is 17.0. The SMILES string of the molecule is C=CCCCCOC(=O)[C@@H]1[C@@H]2CCC3(O2)C(C(=O)N(CC=C)c2ccc(N(CC)CC)cc2)N([C@@H](CO)Cc2ccccc2)C(=O)[C@H]13. The molecule has 1 spiro atoms. The Balaban J connectivity index is 1.52. The van der Waals surface area contributed by atoms with Gasteiger partial charge in [-0.3, -0.25) is 14.4 Å². The molecule has 5 rings (SSSR count). The predicted octanol–water partition coefficient (Wildman–Crippen LogP) is 4.93. The first-order chi connectivity index (χ1) is 22.8. The van der Waals surface area contributed by atoms with Crippen molar-refractivity contribution >= 4 is 29.2 Å². The van der Waals surface area contributed by atoms with Crippen LogP contribution in [0.25, 0.3) is 0 Å². The van der Waals surface area contributed by atoms with E-state index in [1.807, 2.05) is 60.7 Å². The average Bonchev–Trinajstić information content (AvgIpc) is 3.74. The molecule has 2 bridgehead atoms. The molecule has 2 unspecified atom stereocenters. The Morgan fingerprint density at radius 2 is 1.77 bits per heavy atom. The second kappa shape index (κ2) is 15.3. The van der Waals surface area contributed by atoms with Crippen molar-refractivity contribution in [1.82, 2.24) is 4.90 Å². The minimum Gasteiger partial charge on any atom is -0.465 e. The summed E-state index contributed by atoms with van der Waals surface area (Å²) in [7, 11) is 0. The van der Waals surface area contributed by atoms with Crippen molar-refractivity contribution in [2.45, 2.75) is 76.2 Å². The summed E-state index contributed by atoms with van der Waals surface area (Å²) in [6, 6.07) is 15.7. The lowest BCUT2D eigenvalue weighted by Gasteiger charge is -2.39. The van der Waals surface area contributed by atoms with Crippen LogP contribution in [0.5, 0.6) is 0 Å². The van der Waals surface area contributed by atoms with E-state index in [1.165, 1.54) is 4.90 Å². The van der Waals surface area contributed by atoms with E-state index >= 15 is 0 Å². The van der Waals surface area contributed by atoms with Crippen LogP contribution < -0.4 is 9.80 Å². The monoisotopic (exact) mass is 643 g/mol. The van der Waals surface area contributed by atoms with E-state index in [0.717, 1.165) is 37.2 Å². The number of likely N-dealkylation sites (tertiary alicyclic amines) is 1. The lowest BCUT2D eigenvalue weighted by Crippen LogP contribution is -2.59. The summed E-state index contributed by atoms with van der Waals surface area (Å²) in [5.41, 5.74) is 1.43. The molecule has 3 saturated heterocycles. The van der Waals surface area contributed by atoms with Gasteiger partial charge in [-0.05, 0) is 82.2 Å². The van der Waals surface area contributed by atoms with Gasteiger partial charge in [0.25, 0.3) is 5.91 Å². The maximum atomic E-state index is 15.0. The van der Waals surface area contributed by atoms with Gasteiger partial charge in [-0.15, -0.1) is 13.2 Å². The Hall–Kier alpha value is -3.95. The first kappa shape index (κ1) is 34.4. The number of rotatable bonds is 17. The van der Waals surface area contributed by atoms with Crippen molar-refractivity contribution in [1.29, 1.82) is 0 Å². The number of esters is 1. The Morgan fingerprint density at radius 3 is 2.40 bits per heavy atom. The molecule has 252 valence electrons. The maximum absolute atomic E-state index is 15.0. The van der Waals surface area contributed by atoms with Gasteiger partial charge < -0.3 is 29.3 Å². The van der Waals surface area contributed by atoms with Gasteiger partial charge in [0.2, 0.25) is 5.91 Å². The fourth-order valence-corrected chi connectivity index (χ4v) is 7.86. The third kappa shape index (κ3) is 6.61. The standard InChI is InChI=1S/C38H49N3O6/c1-5-9-10-14-24-46-37(45)32-31-21-22-38(47-31)33(32)35(43)41(30(26-42)25-27-15-12-11-13-16-27)34(38)36(44)40(23-6-2)29-19-17-28(18-20-29)39(7-3)8-4/h5-6,11-13,15-20,30-34,42H,1-2,7-10,14,21-26H2,3-4H3/t30-,31+,32-,33+,34?,38?/m1/s1. The average molecular weight is 644 g/mol. The van der Waals surface area contributed by atoms with E-state index in [1.54, 1.807) is 11.0 Å². The fraction of sp³-hybridized carbons (Fsp3) is 0.500. The van der Waals surface area contributed by atoms with Gasteiger partial charge in [0, 0.05) is 31.0 Å². The molecule has 0 radical (unpaired) electrons. The van der Waals surface area contributed by atoms with Crippen molar-refractivity contribution in [2.75, 3.05) is 42.6 Å². The minimum atomic E-state index is -1.21. The molecule has 0 saturated carbocycles. The number of benzene rings is 2. The highest BCUT2D eigenvalue weighted by atomic mass is 16.6. The number of fused-ring (bicyclic) bond motifs is 1. The Labute approximate surface area is 278 Å². The molecule has 3 heterocycles. The van der Waals surface area contributed by atoms with Gasteiger partial charge in [0.05, 0.1) is 37.2 Å². The largest absolute Gasteiger partial charge is 0.465 e. The van der Waals surface area contributed by atoms with E-state index in [0.29, 0.717) is 31.4 Å². The molecule has 0 aromatic heterocycles. The van der Waals surface area contributed by atoms with Crippen molar-refractivity contribution in [3.05, 3.63) is 85.5 Å². The summed E-state index contributed by atoms with van der Waals surface area (Å²) in [4.78, 5) is 48.6. The number of amides is 2. The number of carbonyl (C=O) groups is 3. The van der Waals surface area contributed by atoms with Crippen LogP contribution in [0.1, 0.15) is 51.5 Å². The van der Waals surface area contributed by atoms with Crippen LogP contribution in [0.2, 0.25) is 0 Å². The number of ether oxygens (including phenoxy) is 2. The lowest BCUT2D eigenvalue weighted by atomic mass is 9.70. The molecule has 3 fully saturated rings. The normalized spacial score (nSPS) is 24.9. The smallest absolute Gasteiger partial charge is 0.312 e. The van der Waals surface area contributed by atoms with Crippen molar-refractivity contribution in [3.63, 3.8) is 0 Å². The van der Waals surface area contributed by atoms with Crippen molar-refractivity contribution < 1.29 is 29.0 Å². The van der Waals surface area contributed by atoms with Gasteiger partial charge in [-0.2, -0.15) is 0 Å². The van der Waals surface area contributed by atoms with Gasteiger partial charge in [-0.25, -0.2) is 0 Å². The van der Waals surface area contributed by atoms with Gasteiger partial charge in [0.15, 0.2) is 0 Å². The summed E-state index contributed by atoms with van der Waals surface area (Å²) < 4.78 is 12.4. The summed E-state index contributed by atoms with van der Waals surface area (Å²) in [6.07, 6.45) is 6.71. The number of aliphatic hydroxyl groups is 1. The zero-order chi connectivity index (χ0) is 33.6. The molecule has 9 heteroatoms.